The standard InChI is InChI=1S/C21H25N5/c1-2-26(20-9-8-19-21(24-20)23-12-11-22-19)16-18-10-13-25(15-18)14-17-6-4-3-5-7-17/h3-9,11-12,18H,2,10,13-16H2,1H3. The quantitative estimate of drug-likeness (QED) is 0.684. The Kier molecular flexibility index (Phi) is 5.07. The van der Waals surface area contributed by atoms with Crippen LogP contribution in [0.1, 0.15) is 18.9 Å². The van der Waals surface area contributed by atoms with E-state index in [1.165, 1.54) is 18.5 Å². The topological polar surface area (TPSA) is 45.2 Å². The number of likely N-dealkylation sites (tertiary alicyclic amines) is 1. The predicted molar refractivity (Wildman–Crippen MR) is 105 cm³/mol. The van der Waals surface area contributed by atoms with Gasteiger partial charge < -0.3 is 4.90 Å². The van der Waals surface area contributed by atoms with Gasteiger partial charge in [-0.2, -0.15) is 0 Å². The molecule has 1 atom stereocenters. The molecule has 4 rings (SSSR count). The highest BCUT2D eigenvalue weighted by Gasteiger charge is 2.24. The Hall–Kier alpha value is -2.53. The van der Waals surface area contributed by atoms with Crippen LogP contribution < -0.4 is 4.90 Å². The van der Waals surface area contributed by atoms with Crippen molar-refractivity contribution in [1.29, 1.82) is 0 Å². The molecule has 1 fully saturated rings. The fourth-order valence-electron chi connectivity index (χ4n) is 3.76. The minimum Gasteiger partial charge on any atom is -0.356 e. The van der Waals surface area contributed by atoms with Gasteiger partial charge in [-0.1, -0.05) is 30.3 Å². The van der Waals surface area contributed by atoms with E-state index in [1.807, 2.05) is 6.07 Å². The van der Waals surface area contributed by atoms with Crippen molar-refractivity contribution in [2.75, 3.05) is 31.1 Å². The van der Waals surface area contributed by atoms with E-state index in [-0.39, 0.29) is 0 Å². The van der Waals surface area contributed by atoms with Gasteiger partial charge in [0, 0.05) is 38.6 Å². The second-order valence-electron chi connectivity index (χ2n) is 6.98. The largest absolute Gasteiger partial charge is 0.356 e. The van der Waals surface area contributed by atoms with Crippen LogP contribution in [0.3, 0.4) is 0 Å². The second kappa shape index (κ2) is 7.79. The van der Waals surface area contributed by atoms with Gasteiger partial charge in [-0.05, 0) is 43.5 Å². The zero-order chi connectivity index (χ0) is 17.8. The normalized spacial score (nSPS) is 17.7. The molecule has 3 aromatic rings. The molecule has 0 aliphatic carbocycles. The van der Waals surface area contributed by atoms with Crippen molar-refractivity contribution < 1.29 is 0 Å². The van der Waals surface area contributed by atoms with E-state index in [4.69, 9.17) is 4.98 Å². The Balaban J connectivity index is 1.40. The third kappa shape index (κ3) is 3.83. The lowest BCUT2D eigenvalue weighted by Crippen LogP contribution is -2.31. The molecule has 134 valence electrons. The van der Waals surface area contributed by atoms with Crippen LogP contribution in [0.25, 0.3) is 11.2 Å². The number of benzene rings is 1. The van der Waals surface area contributed by atoms with Crippen LogP contribution in [0.5, 0.6) is 0 Å². The first-order valence-corrected chi connectivity index (χ1v) is 9.41. The molecule has 1 unspecified atom stereocenters. The molecule has 0 bridgehead atoms. The number of pyridine rings is 1. The van der Waals surface area contributed by atoms with Crippen molar-refractivity contribution in [1.82, 2.24) is 19.9 Å². The fraction of sp³-hybridized carbons (Fsp3) is 0.381. The summed E-state index contributed by atoms with van der Waals surface area (Å²) in [5, 5.41) is 0. The maximum absolute atomic E-state index is 4.71. The van der Waals surface area contributed by atoms with Crippen LogP contribution in [0.15, 0.2) is 54.9 Å². The summed E-state index contributed by atoms with van der Waals surface area (Å²) in [6.45, 7) is 7.56. The Morgan fingerprint density at radius 1 is 1.08 bits per heavy atom. The molecular weight excluding hydrogens is 322 g/mol. The van der Waals surface area contributed by atoms with Crippen LogP contribution in [0.4, 0.5) is 5.82 Å². The molecular formula is C21H25N5. The van der Waals surface area contributed by atoms with Crippen molar-refractivity contribution in [2.24, 2.45) is 5.92 Å². The molecule has 2 aromatic heterocycles. The zero-order valence-electron chi connectivity index (χ0n) is 15.3. The second-order valence-corrected chi connectivity index (χ2v) is 6.98. The first kappa shape index (κ1) is 16.9. The van der Waals surface area contributed by atoms with E-state index in [9.17, 15) is 0 Å². The van der Waals surface area contributed by atoms with Gasteiger partial charge in [-0.15, -0.1) is 0 Å². The number of anilines is 1. The zero-order valence-corrected chi connectivity index (χ0v) is 15.3. The van der Waals surface area contributed by atoms with Crippen molar-refractivity contribution in [2.45, 2.75) is 19.9 Å². The van der Waals surface area contributed by atoms with Crippen LogP contribution >= 0.6 is 0 Å². The molecule has 3 heterocycles. The summed E-state index contributed by atoms with van der Waals surface area (Å²) in [5.41, 5.74) is 2.97. The molecule has 0 saturated carbocycles. The summed E-state index contributed by atoms with van der Waals surface area (Å²) in [6.07, 6.45) is 4.66. The lowest BCUT2D eigenvalue weighted by molar-refractivity contribution is 0.317. The number of fused-ring (bicyclic) bond motifs is 1. The van der Waals surface area contributed by atoms with Crippen molar-refractivity contribution in [3.05, 3.63) is 60.4 Å². The first-order valence-electron chi connectivity index (χ1n) is 9.41. The van der Waals surface area contributed by atoms with Crippen LogP contribution in [-0.2, 0) is 6.54 Å². The molecule has 5 nitrogen and oxygen atoms in total. The van der Waals surface area contributed by atoms with Gasteiger partial charge in [0.1, 0.15) is 11.3 Å². The average Bonchev–Trinajstić information content (AvgIpc) is 3.13. The highest BCUT2D eigenvalue weighted by atomic mass is 15.2. The van der Waals surface area contributed by atoms with E-state index >= 15 is 0 Å². The average molecular weight is 347 g/mol. The smallest absolute Gasteiger partial charge is 0.180 e. The number of aromatic nitrogens is 3. The Labute approximate surface area is 154 Å². The van der Waals surface area contributed by atoms with Gasteiger partial charge >= 0.3 is 0 Å². The summed E-state index contributed by atoms with van der Waals surface area (Å²) in [5.74, 6) is 1.68. The van der Waals surface area contributed by atoms with Gasteiger partial charge in [0.2, 0.25) is 0 Å². The van der Waals surface area contributed by atoms with Crippen molar-refractivity contribution in [3.8, 4) is 0 Å². The Morgan fingerprint density at radius 3 is 2.77 bits per heavy atom. The molecule has 5 heteroatoms. The molecule has 1 aliphatic heterocycles. The fourth-order valence-corrected chi connectivity index (χ4v) is 3.76. The van der Waals surface area contributed by atoms with Gasteiger partial charge in [0.25, 0.3) is 0 Å². The van der Waals surface area contributed by atoms with Gasteiger partial charge in [0.15, 0.2) is 5.65 Å². The molecule has 1 aromatic carbocycles. The van der Waals surface area contributed by atoms with E-state index in [0.717, 1.165) is 43.2 Å². The number of hydrogen-bond donors (Lipinski definition) is 0. The lowest BCUT2D eigenvalue weighted by atomic mass is 10.1. The lowest BCUT2D eigenvalue weighted by Gasteiger charge is -2.25. The SMILES string of the molecule is CCN(CC1CCN(Cc2ccccc2)C1)c1ccc2nccnc2n1. The number of hydrogen-bond acceptors (Lipinski definition) is 5. The molecule has 0 N–H and O–H groups in total. The monoisotopic (exact) mass is 347 g/mol. The van der Waals surface area contributed by atoms with E-state index in [1.54, 1.807) is 12.4 Å². The number of nitrogens with zero attached hydrogens (tertiary/aromatic N) is 5. The van der Waals surface area contributed by atoms with Crippen molar-refractivity contribution in [3.63, 3.8) is 0 Å². The summed E-state index contributed by atoms with van der Waals surface area (Å²) < 4.78 is 0. The maximum Gasteiger partial charge on any atom is 0.180 e. The molecule has 0 amide bonds. The predicted octanol–water partition coefficient (Wildman–Crippen LogP) is 3.37. The minimum atomic E-state index is 0.679. The van der Waals surface area contributed by atoms with Gasteiger partial charge in [-0.25, -0.2) is 9.97 Å². The molecule has 1 saturated heterocycles. The third-order valence-electron chi connectivity index (χ3n) is 5.12. The molecule has 0 spiro atoms. The summed E-state index contributed by atoms with van der Waals surface area (Å²) in [6, 6.07) is 14.8. The molecule has 1 aliphatic rings. The first-order chi connectivity index (χ1) is 12.8. The van der Waals surface area contributed by atoms with Crippen LogP contribution in [0, 0.1) is 5.92 Å². The number of rotatable bonds is 6. The summed E-state index contributed by atoms with van der Waals surface area (Å²) in [7, 11) is 0. The van der Waals surface area contributed by atoms with Gasteiger partial charge in [-0.3, -0.25) is 9.88 Å². The Morgan fingerprint density at radius 2 is 1.92 bits per heavy atom. The highest BCUT2D eigenvalue weighted by molar-refractivity contribution is 5.71. The van der Waals surface area contributed by atoms with E-state index in [2.05, 4.69) is 63.1 Å². The van der Waals surface area contributed by atoms with E-state index < -0.39 is 0 Å². The minimum absolute atomic E-state index is 0.679. The van der Waals surface area contributed by atoms with Crippen LogP contribution in [0.2, 0.25) is 0 Å². The molecule has 0 radical (unpaired) electrons. The van der Waals surface area contributed by atoms with E-state index in [0.29, 0.717) is 5.92 Å². The third-order valence-corrected chi connectivity index (χ3v) is 5.12. The van der Waals surface area contributed by atoms with Crippen LogP contribution in [-0.4, -0.2) is 46.0 Å². The highest BCUT2D eigenvalue weighted by Crippen LogP contribution is 2.22. The Bertz CT molecular complexity index is 851. The maximum atomic E-state index is 4.71. The summed E-state index contributed by atoms with van der Waals surface area (Å²) >= 11 is 0. The summed E-state index contributed by atoms with van der Waals surface area (Å²) in [4.78, 5) is 18.3. The van der Waals surface area contributed by atoms with Crippen molar-refractivity contribution >= 4 is 17.0 Å². The molecule has 26 heavy (non-hydrogen) atoms. The van der Waals surface area contributed by atoms with Gasteiger partial charge in [0.05, 0.1) is 0 Å².